The second-order valence-electron chi connectivity index (χ2n) is 9.45. The van der Waals surface area contributed by atoms with Crippen LogP contribution < -0.4 is 0 Å². The molecule has 0 atom stereocenters. The van der Waals surface area contributed by atoms with Crippen LogP contribution in [0.4, 0.5) is 35.1 Å². The summed E-state index contributed by atoms with van der Waals surface area (Å²) in [6.07, 6.45) is -2.41. The highest BCUT2D eigenvalue weighted by Crippen LogP contribution is 2.36. The molecule has 0 saturated carbocycles. The van der Waals surface area contributed by atoms with E-state index in [-0.39, 0.29) is 23.1 Å². The Kier molecular flexibility index (Phi) is 9.11. The van der Waals surface area contributed by atoms with Crippen LogP contribution >= 0.6 is 0 Å². The van der Waals surface area contributed by atoms with E-state index in [1.807, 2.05) is 24.3 Å². The van der Waals surface area contributed by atoms with Crippen molar-refractivity contribution < 1.29 is 35.1 Å². The van der Waals surface area contributed by atoms with Gasteiger partial charge >= 0.3 is 6.18 Å². The van der Waals surface area contributed by atoms with Crippen molar-refractivity contribution in [2.24, 2.45) is 0 Å². The molecule has 0 unspecified atom stereocenters. The van der Waals surface area contributed by atoms with E-state index in [1.54, 1.807) is 18.2 Å². The highest BCUT2D eigenvalue weighted by Gasteiger charge is 2.38. The molecule has 0 amide bonds. The maximum atomic E-state index is 14.8. The zero-order chi connectivity index (χ0) is 29.7. The van der Waals surface area contributed by atoms with Gasteiger partial charge in [-0.1, -0.05) is 66.7 Å². The molecule has 4 aromatic rings. The smallest absolute Gasteiger partial charge is 0.209 e. The van der Waals surface area contributed by atoms with Crippen molar-refractivity contribution in [2.75, 3.05) is 0 Å². The Hall–Kier alpha value is -4.20. The first-order chi connectivity index (χ1) is 19.5. The van der Waals surface area contributed by atoms with Crippen molar-refractivity contribution in [2.45, 2.75) is 31.9 Å². The van der Waals surface area contributed by atoms with E-state index in [9.17, 15) is 35.1 Å². The zero-order valence-electron chi connectivity index (χ0n) is 21.6. The highest BCUT2D eigenvalue weighted by atomic mass is 19.4. The maximum Gasteiger partial charge on any atom is 0.422 e. The molecule has 8 heteroatoms. The molecule has 0 spiro atoms. The van der Waals surface area contributed by atoms with E-state index < -0.39 is 40.8 Å². The van der Waals surface area contributed by atoms with Gasteiger partial charge in [0.05, 0.1) is 0 Å². The summed E-state index contributed by atoms with van der Waals surface area (Å²) >= 11 is 0. The Morgan fingerprint density at radius 2 is 1.20 bits per heavy atom. The molecular weight excluding hydrogens is 548 g/mol. The average molecular weight is 573 g/mol. The van der Waals surface area contributed by atoms with E-state index >= 15 is 0 Å². The van der Waals surface area contributed by atoms with Gasteiger partial charge in [0, 0.05) is 17.5 Å². The maximum absolute atomic E-state index is 14.8. The third-order valence-corrected chi connectivity index (χ3v) is 6.60. The first-order valence-electron chi connectivity index (χ1n) is 12.7. The van der Waals surface area contributed by atoms with Crippen molar-refractivity contribution in [1.82, 2.24) is 0 Å². The number of aryl methyl sites for hydroxylation is 2. The number of benzene rings is 4. The minimum Gasteiger partial charge on any atom is -0.209 e. The lowest BCUT2D eigenvalue weighted by Gasteiger charge is -2.12. The van der Waals surface area contributed by atoms with Gasteiger partial charge in [-0.15, -0.1) is 6.58 Å². The molecule has 0 aliphatic carbocycles. The topological polar surface area (TPSA) is 0 Å². The van der Waals surface area contributed by atoms with Crippen LogP contribution in [0.2, 0.25) is 0 Å². The predicted molar refractivity (Wildman–Crippen MR) is 145 cm³/mol. The van der Waals surface area contributed by atoms with Crippen LogP contribution in [0.25, 0.3) is 28.1 Å². The summed E-state index contributed by atoms with van der Waals surface area (Å²) in [6.45, 7) is 3.50. The van der Waals surface area contributed by atoms with Crippen molar-refractivity contribution >= 4 is 5.83 Å². The number of halogens is 8. The third kappa shape index (κ3) is 7.12. The molecule has 0 aliphatic heterocycles. The number of alkyl halides is 3. The lowest BCUT2D eigenvalue weighted by Crippen LogP contribution is -2.11. The van der Waals surface area contributed by atoms with Crippen LogP contribution in [0, 0.1) is 17.5 Å². The minimum atomic E-state index is -5.21. The molecule has 0 bridgehead atoms. The molecule has 41 heavy (non-hydrogen) atoms. The van der Waals surface area contributed by atoms with Crippen molar-refractivity contribution in [3.05, 3.63) is 137 Å². The fraction of sp³-hybridized carbons (Fsp3) is 0.152. The normalized spacial score (nSPS) is 12.3. The number of rotatable bonds is 9. The van der Waals surface area contributed by atoms with Crippen LogP contribution in [-0.4, -0.2) is 0 Å². The molecule has 0 radical (unpaired) electrons. The fourth-order valence-electron chi connectivity index (χ4n) is 4.40. The van der Waals surface area contributed by atoms with Crippen LogP contribution in [0.1, 0.15) is 35.1 Å². The van der Waals surface area contributed by atoms with E-state index in [4.69, 9.17) is 0 Å². The summed E-state index contributed by atoms with van der Waals surface area (Å²) < 4.78 is 109. The molecule has 0 aromatic heterocycles. The molecule has 0 aliphatic rings. The van der Waals surface area contributed by atoms with E-state index in [2.05, 4.69) is 6.58 Å². The molecule has 0 saturated heterocycles. The minimum absolute atomic E-state index is 0.0472. The number of hydrogen-bond donors (Lipinski definition) is 0. The lowest BCUT2D eigenvalue weighted by atomic mass is 9.97. The Morgan fingerprint density at radius 3 is 1.73 bits per heavy atom. The second kappa shape index (κ2) is 12.5. The quantitative estimate of drug-likeness (QED) is 0.138. The summed E-state index contributed by atoms with van der Waals surface area (Å²) in [5.41, 5.74) is 0.796. The average Bonchev–Trinajstić information content (AvgIpc) is 2.93. The molecule has 0 heterocycles. The summed E-state index contributed by atoms with van der Waals surface area (Å²) in [5, 5.41) is 0. The van der Waals surface area contributed by atoms with Gasteiger partial charge < -0.3 is 0 Å². The molecule has 0 nitrogen and oxygen atoms in total. The van der Waals surface area contributed by atoms with E-state index in [0.29, 0.717) is 37.0 Å². The van der Waals surface area contributed by atoms with Gasteiger partial charge in [0.2, 0.25) is 0 Å². The summed E-state index contributed by atoms with van der Waals surface area (Å²) in [6, 6.07) is 18.9. The van der Waals surface area contributed by atoms with Crippen molar-refractivity contribution in [3.8, 4) is 22.3 Å². The Labute approximate surface area is 232 Å². The van der Waals surface area contributed by atoms with Crippen molar-refractivity contribution in [1.29, 1.82) is 0 Å². The van der Waals surface area contributed by atoms with Gasteiger partial charge in [-0.25, -0.2) is 22.0 Å². The van der Waals surface area contributed by atoms with Gasteiger partial charge in [0.15, 0.2) is 5.83 Å². The standard InChI is InChI=1S/C33H24F8/c1-2-3-4-27(34)32(38)24-14-12-23(13-15-24)22-10-7-20(8-11-22)5-6-21-9-16-26(28(35)17-21)25-18-29(36)31(30(37)19-25)33(39,40)41/h2,7-19H,1,3-6H2/b32-27+. The zero-order valence-corrected chi connectivity index (χ0v) is 21.6. The monoisotopic (exact) mass is 572 g/mol. The Bertz CT molecular complexity index is 1540. The first-order valence-corrected chi connectivity index (χ1v) is 12.7. The van der Waals surface area contributed by atoms with Crippen LogP contribution in [-0.2, 0) is 19.0 Å². The van der Waals surface area contributed by atoms with Gasteiger partial charge in [-0.3, -0.25) is 0 Å². The summed E-state index contributed by atoms with van der Waals surface area (Å²) in [7, 11) is 0. The lowest BCUT2D eigenvalue weighted by molar-refractivity contribution is -0.142. The van der Waals surface area contributed by atoms with Gasteiger partial charge in [0.25, 0.3) is 0 Å². The number of hydrogen-bond acceptors (Lipinski definition) is 0. The molecular formula is C33H24F8. The predicted octanol–water partition coefficient (Wildman–Crippen LogP) is 10.8. The Morgan fingerprint density at radius 1 is 0.659 bits per heavy atom. The second-order valence-corrected chi connectivity index (χ2v) is 9.45. The largest absolute Gasteiger partial charge is 0.422 e. The number of allylic oxidation sites excluding steroid dienone is 2. The Balaban J connectivity index is 1.42. The molecule has 4 rings (SSSR count). The summed E-state index contributed by atoms with van der Waals surface area (Å²) in [5.74, 6) is -6.15. The van der Waals surface area contributed by atoms with Gasteiger partial charge in [-0.2, -0.15) is 13.2 Å². The first kappa shape index (κ1) is 29.8. The molecule has 0 fully saturated rings. The van der Waals surface area contributed by atoms with Gasteiger partial charge in [-0.05, 0) is 65.3 Å². The summed E-state index contributed by atoms with van der Waals surface area (Å²) in [4.78, 5) is 0. The SMILES string of the molecule is C=CCC/C(F)=C(\F)c1ccc(-c2ccc(CCc3ccc(-c4cc(F)c(C(F)(F)F)c(F)c4)c(F)c3)cc2)cc1. The highest BCUT2D eigenvalue weighted by molar-refractivity contribution is 5.69. The van der Waals surface area contributed by atoms with Gasteiger partial charge in [0.1, 0.15) is 28.8 Å². The fourth-order valence-corrected chi connectivity index (χ4v) is 4.40. The van der Waals surface area contributed by atoms with E-state index in [0.717, 1.165) is 16.7 Å². The van der Waals surface area contributed by atoms with Crippen LogP contribution in [0.5, 0.6) is 0 Å². The molecule has 212 valence electrons. The van der Waals surface area contributed by atoms with Crippen LogP contribution in [0.15, 0.2) is 97.3 Å². The van der Waals surface area contributed by atoms with Crippen molar-refractivity contribution in [3.63, 3.8) is 0 Å². The third-order valence-electron chi connectivity index (χ3n) is 6.60. The van der Waals surface area contributed by atoms with Crippen LogP contribution in [0.3, 0.4) is 0 Å². The van der Waals surface area contributed by atoms with E-state index in [1.165, 1.54) is 30.3 Å². The molecule has 4 aromatic carbocycles. The molecule has 0 N–H and O–H groups in total.